The van der Waals surface area contributed by atoms with Crippen molar-refractivity contribution < 1.29 is 13.8 Å². The Morgan fingerprint density at radius 1 is 0.938 bits per heavy atom. The van der Waals surface area contributed by atoms with E-state index in [1.807, 2.05) is 0 Å². The molecule has 0 aliphatic heterocycles. The van der Waals surface area contributed by atoms with Crippen molar-refractivity contribution in [3.05, 3.63) is 54.1 Å². The van der Waals surface area contributed by atoms with E-state index in [2.05, 4.69) is 0 Å². The molecular formula is C12H8BF2O-. The van der Waals surface area contributed by atoms with Gasteiger partial charge in [0, 0.05) is 0 Å². The molecule has 2 rings (SSSR count). The van der Waals surface area contributed by atoms with Crippen LogP contribution in [0.2, 0.25) is 0 Å². The summed E-state index contributed by atoms with van der Waals surface area (Å²) >= 11 is 0. The third-order valence-corrected chi connectivity index (χ3v) is 2.30. The monoisotopic (exact) mass is 217 g/mol. The van der Waals surface area contributed by atoms with Gasteiger partial charge in [-0.1, -0.05) is 24.3 Å². The molecule has 0 amide bonds. The van der Waals surface area contributed by atoms with Gasteiger partial charge in [-0.05, 0) is 29.3 Å². The normalized spacial score (nSPS) is 10.4. The molecule has 4 heteroatoms. The minimum atomic E-state index is -0.538. The van der Waals surface area contributed by atoms with Crippen molar-refractivity contribution in [1.29, 1.82) is 0 Å². The Bertz CT molecular complexity index is 514. The van der Waals surface area contributed by atoms with Crippen LogP contribution in [0.15, 0.2) is 42.5 Å². The zero-order chi connectivity index (χ0) is 11.5. The highest BCUT2D eigenvalue weighted by Crippen LogP contribution is 2.19. The number of halogens is 2. The third kappa shape index (κ3) is 2.12. The smallest absolute Gasteiger partial charge is 0.123 e. The molecule has 0 aliphatic rings. The second-order valence-electron chi connectivity index (χ2n) is 3.38. The highest BCUT2D eigenvalue weighted by molar-refractivity contribution is 6.45. The Morgan fingerprint density at radius 3 is 2.31 bits per heavy atom. The van der Waals surface area contributed by atoms with Crippen LogP contribution in [0.3, 0.4) is 0 Å². The Morgan fingerprint density at radius 2 is 1.69 bits per heavy atom. The topological polar surface area (TPSA) is 20.2 Å². The van der Waals surface area contributed by atoms with Gasteiger partial charge in [-0.3, -0.25) is 0 Å². The van der Waals surface area contributed by atoms with Crippen molar-refractivity contribution in [3.63, 3.8) is 0 Å². The molecule has 0 saturated heterocycles. The Kier molecular flexibility index (Phi) is 3.01. The minimum Gasteiger partial charge on any atom is -0.668 e. The molecule has 0 aliphatic carbocycles. The Labute approximate surface area is 92.6 Å². The lowest BCUT2D eigenvalue weighted by atomic mass is 9.87. The molecule has 0 unspecified atom stereocenters. The fourth-order valence-corrected chi connectivity index (χ4v) is 1.48. The van der Waals surface area contributed by atoms with Crippen LogP contribution in [-0.2, 0) is 0 Å². The van der Waals surface area contributed by atoms with Crippen LogP contribution in [0.5, 0.6) is 0 Å². The molecule has 16 heavy (non-hydrogen) atoms. The highest BCUT2D eigenvalue weighted by Gasteiger charge is 2.00. The van der Waals surface area contributed by atoms with Gasteiger partial charge in [-0.15, -0.1) is 7.48 Å². The maximum absolute atomic E-state index is 13.4. The minimum absolute atomic E-state index is 0.111. The summed E-state index contributed by atoms with van der Waals surface area (Å²) in [7, 11) is 0.699. The molecule has 0 fully saturated rings. The van der Waals surface area contributed by atoms with Gasteiger partial charge in [0.25, 0.3) is 0 Å². The summed E-state index contributed by atoms with van der Waals surface area (Å²) in [6.45, 7) is 0. The van der Waals surface area contributed by atoms with Crippen molar-refractivity contribution in [3.8, 4) is 11.1 Å². The fourth-order valence-electron chi connectivity index (χ4n) is 1.48. The van der Waals surface area contributed by atoms with Gasteiger partial charge in [-0.25, -0.2) is 14.2 Å². The van der Waals surface area contributed by atoms with Crippen LogP contribution >= 0.6 is 0 Å². The lowest BCUT2D eigenvalue weighted by molar-refractivity contribution is 0.602. The molecule has 0 spiro atoms. The molecule has 0 bridgehead atoms. The van der Waals surface area contributed by atoms with Gasteiger partial charge in [0.2, 0.25) is 0 Å². The van der Waals surface area contributed by atoms with E-state index in [1.165, 1.54) is 24.3 Å². The van der Waals surface area contributed by atoms with E-state index < -0.39 is 5.82 Å². The van der Waals surface area contributed by atoms with Crippen molar-refractivity contribution in [2.45, 2.75) is 0 Å². The largest absolute Gasteiger partial charge is 0.668 e. The van der Waals surface area contributed by atoms with Crippen LogP contribution in [0.1, 0.15) is 0 Å². The standard InChI is InChI=1S/C12H8BF2O/c14-10-3-1-2-8(6-10)9-4-5-11(13-16)12(15)7-9/h1-7,16H/q-1. The average Bonchev–Trinajstić information content (AvgIpc) is 2.29. The van der Waals surface area contributed by atoms with Gasteiger partial charge in [-0.2, -0.15) is 0 Å². The molecule has 2 aromatic rings. The second kappa shape index (κ2) is 4.45. The average molecular weight is 217 g/mol. The zero-order valence-corrected chi connectivity index (χ0v) is 8.32. The SMILES string of the molecule is O[B-]c1ccc(-c2cccc(F)c2)cc1F. The molecule has 0 atom stereocenters. The van der Waals surface area contributed by atoms with Crippen molar-refractivity contribution in [1.82, 2.24) is 0 Å². The molecule has 0 aromatic heterocycles. The summed E-state index contributed by atoms with van der Waals surface area (Å²) in [5.41, 5.74) is 1.28. The summed E-state index contributed by atoms with van der Waals surface area (Å²) in [4.78, 5) is 0. The highest BCUT2D eigenvalue weighted by atomic mass is 19.1. The van der Waals surface area contributed by atoms with Gasteiger partial charge in [0.1, 0.15) is 5.82 Å². The first kappa shape index (κ1) is 10.8. The van der Waals surface area contributed by atoms with Gasteiger partial charge in [0.05, 0.1) is 5.82 Å². The lowest BCUT2D eigenvalue weighted by Gasteiger charge is -2.11. The van der Waals surface area contributed by atoms with Crippen LogP contribution in [0.25, 0.3) is 11.1 Å². The van der Waals surface area contributed by atoms with E-state index >= 15 is 0 Å². The Hall–Kier alpha value is -1.68. The van der Waals surface area contributed by atoms with Crippen molar-refractivity contribution in [2.75, 3.05) is 0 Å². The van der Waals surface area contributed by atoms with Crippen LogP contribution in [0.4, 0.5) is 8.78 Å². The first-order chi connectivity index (χ1) is 7.70. The lowest BCUT2D eigenvalue weighted by Crippen LogP contribution is -2.17. The van der Waals surface area contributed by atoms with E-state index in [9.17, 15) is 8.78 Å². The van der Waals surface area contributed by atoms with Crippen LogP contribution < -0.4 is 5.46 Å². The summed E-state index contributed by atoms with van der Waals surface area (Å²) in [5.74, 6) is -0.903. The summed E-state index contributed by atoms with van der Waals surface area (Å²) in [5, 5.41) is 8.70. The molecule has 2 aromatic carbocycles. The molecule has 1 nitrogen and oxygen atoms in total. The van der Waals surface area contributed by atoms with Crippen molar-refractivity contribution >= 4 is 12.9 Å². The van der Waals surface area contributed by atoms with Crippen LogP contribution in [-0.4, -0.2) is 12.5 Å². The number of benzene rings is 2. The predicted molar refractivity (Wildman–Crippen MR) is 59.4 cm³/mol. The van der Waals surface area contributed by atoms with Gasteiger partial charge >= 0.3 is 0 Å². The van der Waals surface area contributed by atoms with E-state index in [0.29, 0.717) is 18.6 Å². The maximum atomic E-state index is 13.4. The molecule has 0 heterocycles. The van der Waals surface area contributed by atoms with Gasteiger partial charge in [0.15, 0.2) is 0 Å². The number of hydrogen-bond acceptors (Lipinski definition) is 1. The van der Waals surface area contributed by atoms with E-state index in [0.717, 1.165) is 0 Å². The molecule has 80 valence electrons. The van der Waals surface area contributed by atoms with Crippen LogP contribution in [0, 0.1) is 11.6 Å². The first-order valence-corrected chi connectivity index (χ1v) is 4.73. The third-order valence-electron chi connectivity index (χ3n) is 2.30. The number of hydrogen-bond donors (Lipinski definition) is 1. The summed E-state index contributed by atoms with van der Waals surface area (Å²) < 4.78 is 26.3. The van der Waals surface area contributed by atoms with E-state index in [1.54, 1.807) is 18.2 Å². The molecule has 2 radical (unpaired) electrons. The van der Waals surface area contributed by atoms with Crippen molar-refractivity contribution in [2.24, 2.45) is 0 Å². The molecular weight excluding hydrogens is 209 g/mol. The second-order valence-corrected chi connectivity index (χ2v) is 3.38. The Balaban J connectivity index is 2.45. The number of rotatable bonds is 2. The summed E-state index contributed by atoms with van der Waals surface area (Å²) in [6, 6.07) is 10.2. The molecule has 1 N–H and O–H groups in total. The van der Waals surface area contributed by atoms with E-state index in [4.69, 9.17) is 5.02 Å². The first-order valence-electron chi connectivity index (χ1n) is 4.73. The maximum Gasteiger partial charge on any atom is 0.123 e. The molecule has 0 saturated carbocycles. The zero-order valence-electron chi connectivity index (χ0n) is 8.32. The quantitative estimate of drug-likeness (QED) is 0.761. The van der Waals surface area contributed by atoms with Gasteiger partial charge < -0.3 is 5.02 Å². The fraction of sp³-hybridized carbons (Fsp3) is 0. The summed E-state index contributed by atoms with van der Waals surface area (Å²) in [6.07, 6.45) is 0. The van der Waals surface area contributed by atoms with E-state index in [-0.39, 0.29) is 11.3 Å². The predicted octanol–water partition coefficient (Wildman–Crippen LogP) is 1.87.